The number of carbonyl (C=O) groups excluding carboxylic acids is 2. The predicted octanol–water partition coefficient (Wildman–Crippen LogP) is 12.0. The summed E-state index contributed by atoms with van der Waals surface area (Å²) in [5.74, 6) is -2.40. The molecule has 0 aromatic carbocycles. The van der Waals surface area contributed by atoms with Crippen molar-refractivity contribution in [2.24, 2.45) is 5.73 Å². The van der Waals surface area contributed by atoms with Crippen LogP contribution in [0.25, 0.3) is 0 Å². The Morgan fingerprint density at radius 2 is 0.982 bits per heavy atom. The van der Waals surface area contributed by atoms with Crippen molar-refractivity contribution in [3.8, 4) is 0 Å². The van der Waals surface area contributed by atoms with Crippen molar-refractivity contribution < 1.29 is 47.5 Å². The van der Waals surface area contributed by atoms with Crippen LogP contribution < -0.4 is 5.73 Å². The number of carboxylic acid groups (broad SMARTS) is 1. The predicted molar refractivity (Wildman–Crippen MR) is 231 cm³/mol. The number of rotatable bonds is 42. The standard InChI is InChI=1S/C45H82NO10P/c1-3-5-7-9-11-13-15-17-18-19-20-21-22-23-25-26-28-30-32-34-36-43(47)53-38-41(39-54-57(51,52)55-40-42(46)45(49)50)56-44(48)37-35-33-31-29-27-24-16-14-12-10-8-6-4-2/h6,8,10,12,14,16,41-42H,3-5,7,9,11,13,15,17-40,46H2,1-2H3,(H,49,50)(H,51,52)/b8-6+,12-10+,16-14+/t41?,42-/m1/s1. The van der Waals surface area contributed by atoms with Crippen LogP contribution in [-0.2, 0) is 37.5 Å². The molecule has 4 N–H and O–H groups in total. The van der Waals surface area contributed by atoms with E-state index in [0.29, 0.717) is 12.8 Å². The van der Waals surface area contributed by atoms with E-state index in [9.17, 15) is 23.8 Å². The van der Waals surface area contributed by atoms with Crippen LogP contribution >= 0.6 is 7.82 Å². The molecule has 0 spiro atoms. The summed E-state index contributed by atoms with van der Waals surface area (Å²) in [6.45, 7) is 2.66. The van der Waals surface area contributed by atoms with Crippen LogP contribution in [0.5, 0.6) is 0 Å². The first-order chi connectivity index (χ1) is 27.6. The maximum Gasteiger partial charge on any atom is 0.472 e. The summed E-state index contributed by atoms with van der Waals surface area (Å²) in [5, 5.41) is 8.89. The molecule has 0 saturated carbocycles. The molecule has 0 aliphatic rings. The van der Waals surface area contributed by atoms with Crippen molar-refractivity contribution in [2.45, 2.75) is 212 Å². The Balaban J connectivity index is 4.27. The Kier molecular flexibility index (Phi) is 38.8. The van der Waals surface area contributed by atoms with Gasteiger partial charge in [0.05, 0.1) is 13.2 Å². The van der Waals surface area contributed by atoms with Crippen LogP contribution in [0.4, 0.5) is 0 Å². The van der Waals surface area contributed by atoms with E-state index in [-0.39, 0.29) is 19.4 Å². The normalized spacial score (nSPS) is 14.0. The van der Waals surface area contributed by atoms with E-state index < -0.39 is 51.1 Å². The molecule has 0 fully saturated rings. The number of nitrogens with two attached hydrogens (primary N) is 1. The minimum absolute atomic E-state index is 0.139. The van der Waals surface area contributed by atoms with E-state index in [0.717, 1.165) is 57.8 Å². The first-order valence-corrected chi connectivity index (χ1v) is 24.0. The van der Waals surface area contributed by atoms with Crippen molar-refractivity contribution in [3.63, 3.8) is 0 Å². The fraction of sp³-hybridized carbons (Fsp3) is 0.800. The van der Waals surface area contributed by atoms with Gasteiger partial charge < -0.3 is 25.2 Å². The fourth-order valence-electron chi connectivity index (χ4n) is 6.18. The van der Waals surface area contributed by atoms with Gasteiger partial charge in [-0.25, -0.2) is 4.57 Å². The first kappa shape index (κ1) is 54.7. The molecular formula is C45H82NO10P. The van der Waals surface area contributed by atoms with Crippen molar-refractivity contribution >= 4 is 25.7 Å². The summed E-state index contributed by atoms with van der Waals surface area (Å²) in [4.78, 5) is 45.9. The van der Waals surface area contributed by atoms with Gasteiger partial charge in [-0.2, -0.15) is 0 Å². The maximum absolute atomic E-state index is 12.6. The molecule has 57 heavy (non-hydrogen) atoms. The van der Waals surface area contributed by atoms with E-state index in [4.69, 9.17) is 24.8 Å². The van der Waals surface area contributed by atoms with Crippen LogP contribution in [-0.4, -0.2) is 59.9 Å². The van der Waals surface area contributed by atoms with Gasteiger partial charge in [0.1, 0.15) is 12.6 Å². The van der Waals surface area contributed by atoms with Crippen molar-refractivity contribution in [3.05, 3.63) is 36.5 Å². The van der Waals surface area contributed by atoms with Gasteiger partial charge in [0.15, 0.2) is 6.10 Å². The highest BCUT2D eigenvalue weighted by Crippen LogP contribution is 2.43. The van der Waals surface area contributed by atoms with E-state index in [1.807, 2.05) is 24.3 Å². The molecule has 0 aromatic heterocycles. The number of aliphatic carboxylic acids is 1. The Morgan fingerprint density at radius 1 is 0.561 bits per heavy atom. The molecule has 0 rings (SSSR count). The smallest absolute Gasteiger partial charge is 0.472 e. The number of hydrogen-bond donors (Lipinski definition) is 3. The van der Waals surface area contributed by atoms with Gasteiger partial charge in [-0.3, -0.25) is 23.4 Å². The Hall–Kier alpha value is -2.30. The number of esters is 2. The van der Waals surface area contributed by atoms with Gasteiger partial charge in [-0.1, -0.05) is 192 Å². The number of carboxylic acids is 1. The minimum Gasteiger partial charge on any atom is -0.480 e. The zero-order valence-corrected chi connectivity index (χ0v) is 36.8. The molecule has 0 bridgehead atoms. The van der Waals surface area contributed by atoms with E-state index in [1.165, 1.54) is 103 Å². The van der Waals surface area contributed by atoms with Gasteiger partial charge in [-0.05, 0) is 32.1 Å². The highest BCUT2D eigenvalue weighted by Gasteiger charge is 2.28. The Labute approximate surface area is 346 Å². The molecule has 0 heterocycles. The van der Waals surface area contributed by atoms with Crippen LogP contribution in [0.2, 0.25) is 0 Å². The molecule has 0 aliphatic carbocycles. The van der Waals surface area contributed by atoms with E-state index in [1.54, 1.807) is 0 Å². The third kappa shape index (κ3) is 40.3. The molecule has 332 valence electrons. The third-order valence-corrected chi connectivity index (χ3v) is 10.7. The van der Waals surface area contributed by atoms with Gasteiger partial charge in [0.2, 0.25) is 0 Å². The van der Waals surface area contributed by atoms with E-state index >= 15 is 0 Å². The summed E-state index contributed by atoms with van der Waals surface area (Å²) >= 11 is 0. The van der Waals surface area contributed by atoms with Gasteiger partial charge in [0.25, 0.3) is 0 Å². The highest BCUT2D eigenvalue weighted by molar-refractivity contribution is 7.47. The van der Waals surface area contributed by atoms with Crippen molar-refractivity contribution in [2.75, 3.05) is 19.8 Å². The lowest BCUT2D eigenvalue weighted by molar-refractivity contribution is -0.161. The number of allylic oxidation sites excluding steroid dienone is 6. The third-order valence-electron chi connectivity index (χ3n) is 9.71. The Bertz CT molecular complexity index is 1110. The SMILES string of the molecule is CC/C=C/C=C/C=C/CCCCCCCC(=O)OC(COC(=O)CCCCCCCCCCCCCCCCCCCCCC)COP(=O)(O)OC[C@@H](N)C(=O)O. The Morgan fingerprint density at radius 3 is 1.46 bits per heavy atom. The minimum atomic E-state index is -4.72. The van der Waals surface area contributed by atoms with Crippen LogP contribution in [0.3, 0.4) is 0 Å². The quantitative estimate of drug-likeness (QED) is 0.0231. The lowest BCUT2D eigenvalue weighted by atomic mass is 10.0. The van der Waals surface area contributed by atoms with Gasteiger partial charge in [-0.15, -0.1) is 0 Å². The summed E-state index contributed by atoms with van der Waals surface area (Å²) < 4.78 is 32.7. The molecule has 3 atom stereocenters. The summed E-state index contributed by atoms with van der Waals surface area (Å²) in [6.07, 6.45) is 43.6. The van der Waals surface area contributed by atoms with Crippen molar-refractivity contribution in [1.82, 2.24) is 0 Å². The van der Waals surface area contributed by atoms with E-state index in [2.05, 4.69) is 30.5 Å². The number of phosphoric acid groups is 1. The molecule has 0 aliphatic heterocycles. The number of carbonyl (C=O) groups is 3. The molecule has 0 aromatic rings. The average Bonchev–Trinajstić information content (AvgIpc) is 3.19. The van der Waals surface area contributed by atoms with Gasteiger partial charge in [0, 0.05) is 12.8 Å². The monoisotopic (exact) mass is 828 g/mol. The second-order valence-electron chi connectivity index (χ2n) is 15.2. The first-order valence-electron chi connectivity index (χ1n) is 22.5. The number of ether oxygens (including phenoxy) is 2. The molecule has 0 amide bonds. The number of phosphoric ester groups is 1. The summed E-state index contributed by atoms with van der Waals surface area (Å²) in [6, 6.07) is -1.52. The highest BCUT2D eigenvalue weighted by atomic mass is 31.2. The zero-order valence-electron chi connectivity index (χ0n) is 35.9. The zero-order chi connectivity index (χ0) is 42.1. The lowest BCUT2D eigenvalue weighted by Gasteiger charge is -2.20. The average molecular weight is 828 g/mol. The van der Waals surface area contributed by atoms with Crippen molar-refractivity contribution in [1.29, 1.82) is 0 Å². The maximum atomic E-state index is 12.6. The molecular weight excluding hydrogens is 745 g/mol. The van der Waals surface area contributed by atoms with Crippen LogP contribution in [0.15, 0.2) is 36.5 Å². The second kappa shape index (κ2) is 40.5. The number of unbranched alkanes of at least 4 members (excludes halogenated alkanes) is 24. The summed E-state index contributed by atoms with van der Waals surface area (Å²) in [7, 11) is -4.72. The molecule has 0 saturated heterocycles. The summed E-state index contributed by atoms with van der Waals surface area (Å²) in [5.41, 5.74) is 5.33. The topological polar surface area (TPSA) is 172 Å². The fourth-order valence-corrected chi connectivity index (χ4v) is 6.96. The molecule has 0 radical (unpaired) electrons. The largest absolute Gasteiger partial charge is 0.480 e. The lowest BCUT2D eigenvalue weighted by Crippen LogP contribution is -2.34. The molecule has 11 nitrogen and oxygen atoms in total. The van der Waals surface area contributed by atoms with Crippen LogP contribution in [0.1, 0.15) is 200 Å². The van der Waals surface area contributed by atoms with Crippen LogP contribution in [0, 0.1) is 0 Å². The molecule has 2 unspecified atom stereocenters. The number of hydrogen-bond acceptors (Lipinski definition) is 9. The second-order valence-corrected chi connectivity index (χ2v) is 16.7. The van der Waals surface area contributed by atoms with Gasteiger partial charge >= 0.3 is 25.7 Å². The molecule has 12 heteroatoms.